The van der Waals surface area contributed by atoms with Gasteiger partial charge in [-0.15, -0.1) is 0 Å². The van der Waals surface area contributed by atoms with Crippen molar-refractivity contribution in [1.29, 1.82) is 0 Å². The monoisotopic (exact) mass is 530 g/mol. The molecule has 15 nitrogen and oxygen atoms in total. The van der Waals surface area contributed by atoms with Gasteiger partial charge in [0.05, 0.1) is 69.9 Å². The molecule has 4 atom stereocenters. The van der Waals surface area contributed by atoms with Crippen molar-refractivity contribution in [2.75, 3.05) is 75.2 Å². The van der Waals surface area contributed by atoms with Gasteiger partial charge in [-0.3, -0.25) is 14.3 Å². The van der Waals surface area contributed by atoms with Gasteiger partial charge in [-0.25, -0.2) is 4.79 Å². The molecule has 0 aliphatic carbocycles. The van der Waals surface area contributed by atoms with Crippen molar-refractivity contribution in [3.05, 3.63) is 33.1 Å². The third kappa shape index (κ3) is 14.6. The summed E-state index contributed by atoms with van der Waals surface area (Å²) < 4.78 is 21.9. The lowest BCUT2D eigenvalue weighted by Gasteiger charge is -2.30. The number of aliphatic hydroxyl groups excluding tert-OH is 4. The second-order valence-corrected chi connectivity index (χ2v) is 10.9. The number of likely N-dealkylation sites (N-methyl/N-ethyl adjacent to an activating group) is 2. The number of hydrogen-bond donors (Lipinski definition) is 5. The predicted octanol–water partition coefficient (Wildman–Crippen LogP) is -4.63. The van der Waals surface area contributed by atoms with Crippen LogP contribution in [-0.2, 0) is 13.8 Å². The summed E-state index contributed by atoms with van der Waals surface area (Å²) in [5, 5.41) is 36.3. The number of hydrogen-bond acceptors (Lipinski definition) is 11. The molecular weight excluding hydrogens is 491 g/mol. The Balaban J connectivity index is 0.000000680. The number of aromatic amines is 1. The zero-order chi connectivity index (χ0) is 27.6. The summed E-state index contributed by atoms with van der Waals surface area (Å²) in [6.07, 6.45) is -4.83. The van der Waals surface area contributed by atoms with Crippen molar-refractivity contribution in [2.24, 2.45) is 0 Å². The highest BCUT2D eigenvalue weighted by molar-refractivity contribution is 7.43. The molecule has 35 heavy (non-hydrogen) atoms. The number of phosphoric acid groups is 1. The van der Waals surface area contributed by atoms with E-state index >= 15 is 0 Å². The van der Waals surface area contributed by atoms with E-state index < -0.39 is 50.2 Å². The van der Waals surface area contributed by atoms with Gasteiger partial charge in [-0.1, -0.05) is 0 Å². The fourth-order valence-corrected chi connectivity index (χ4v) is 2.82. The topological polar surface area (TPSA) is 217 Å². The molecule has 0 aromatic carbocycles. The minimum atomic E-state index is -5.26. The number of aliphatic hydroxyl groups is 4. The Morgan fingerprint density at radius 2 is 1.51 bits per heavy atom. The van der Waals surface area contributed by atoms with Crippen molar-refractivity contribution in [1.82, 2.24) is 9.55 Å². The quantitative estimate of drug-likeness (QED) is 0.159. The number of rotatable bonds is 8. The fraction of sp³-hybridized carbons (Fsp3) is 0.789. The van der Waals surface area contributed by atoms with E-state index in [9.17, 15) is 34.2 Å². The van der Waals surface area contributed by atoms with Crippen LogP contribution in [0.2, 0.25) is 0 Å². The zero-order valence-electron chi connectivity index (χ0n) is 20.9. The number of phosphoric ester groups is 1. The van der Waals surface area contributed by atoms with Gasteiger partial charge in [-0.05, 0) is 0 Å². The Morgan fingerprint density at radius 1 is 1.03 bits per heavy atom. The largest absolute Gasteiger partial charge is 0.790 e. The molecule has 1 aromatic heterocycles. The maximum Gasteiger partial charge on any atom is 0.330 e. The molecule has 16 heteroatoms. The SMILES string of the molecule is C[N+](C)(C)CCO.C[N+](C)(C)CCO.O=c1ccn([C@@H]2O[C@H](COP(=O)([O-])[O-])[C@@H](O)[C@H]2O)c(=O)[nH]1. The Bertz CT molecular complexity index is 888. The van der Waals surface area contributed by atoms with Crippen LogP contribution in [0, 0.1) is 0 Å². The first-order valence-corrected chi connectivity index (χ1v) is 12.1. The second kappa shape index (κ2) is 14.3. The van der Waals surface area contributed by atoms with Crippen LogP contribution in [0.5, 0.6) is 0 Å². The van der Waals surface area contributed by atoms with Crippen LogP contribution in [0.4, 0.5) is 0 Å². The molecule has 206 valence electrons. The average Bonchev–Trinajstić information content (AvgIpc) is 2.93. The number of aromatic nitrogens is 2. The zero-order valence-corrected chi connectivity index (χ0v) is 21.8. The van der Waals surface area contributed by atoms with Crippen LogP contribution in [0.25, 0.3) is 0 Å². The maximum absolute atomic E-state index is 11.6. The first-order chi connectivity index (χ1) is 15.8. The van der Waals surface area contributed by atoms with Gasteiger partial charge in [0.2, 0.25) is 0 Å². The summed E-state index contributed by atoms with van der Waals surface area (Å²) in [5.74, 6) is 0. The molecule has 0 radical (unpaired) electrons. The molecule has 0 bridgehead atoms. The van der Waals surface area contributed by atoms with E-state index in [0.29, 0.717) is 0 Å². The lowest BCUT2D eigenvalue weighted by atomic mass is 10.1. The number of quaternary nitrogens is 2. The lowest BCUT2D eigenvalue weighted by molar-refractivity contribution is -0.870. The van der Waals surface area contributed by atoms with E-state index in [2.05, 4.69) is 46.8 Å². The lowest BCUT2D eigenvalue weighted by Crippen LogP contribution is -2.37. The average molecular weight is 531 g/mol. The summed E-state index contributed by atoms with van der Waals surface area (Å²) in [5.41, 5.74) is -1.55. The van der Waals surface area contributed by atoms with Gasteiger partial charge in [0.25, 0.3) is 5.56 Å². The van der Waals surface area contributed by atoms with E-state index in [1.54, 1.807) is 0 Å². The van der Waals surface area contributed by atoms with Gasteiger partial charge < -0.3 is 53.0 Å². The maximum atomic E-state index is 11.6. The van der Waals surface area contributed by atoms with E-state index in [0.717, 1.165) is 38.9 Å². The van der Waals surface area contributed by atoms with E-state index in [1.807, 2.05) is 4.98 Å². The molecule has 5 N–H and O–H groups in total. The Hall–Kier alpha value is -1.49. The van der Waals surface area contributed by atoms with Crippen LogP contribution in [0.1, 0.15) is 6.23 Å². The van der Waals surface area contributed by atoms with Crippen LogP contribution in [0.15, 0.2) is 21.9 Å². The molecule has 2 rings (SSSR count). The second-order valence-electron chi connectivity index (χ2n) is 9.78. The predicted molar refractivity (Wildman–Crippen MR) is 121 cm³/mol. The molecule has 2 heterocycles. The number of nitrogens with one attached hydrogen (secondary N) is 1. The van der Waals surface area contributed by atoms with Crippen LogP contribution in [0.3, 0.4) is 0 Å². The van der Waals surface area contributed by atoms with Gasteiger partial charge in [0.1, 0.15) is 31.4 Å². The van der Waals surface area contributed by atoms with Crippen molar-refractivity contribution in [3.63, 3.8) is 0 Å². The summed E-state index contributed by atoms with van der Waals surface area (Å²) >= 11 is 0. The van der Waals surface area contributed by atoms with Gasteiger partial charge in [-0.2, -0.15) is 0 Å². The first-order valence-electron chi connectivity index (χ1n) is 10.6. The van der Waals surface area contributed by atoms with Crippen LogP contribution < -0.4 is 21.0 Å². The van der Waals surface area contributed by atoms with Crippen molar-refractivity contribution >= 4 is 7.82 Å². The summed E-state index contributed by atoms with van der Waals surface area (Å²) in [4.78, 5) is 45.2. The molecule has 1 aliphatic heterocycles. The molecule has 0 unspecified atom stereocenters. The molecule has 0 spiro atoms. The standard InChI is InChI=1S/C9H13N2O9P.2C5H14NO/c12-5-1-2-11(9(15)10-5)8-7(14)6(13)4(20-8)3-19-21(16,17)18;2*1-6(2,3)4-5-7/h1-2,4,6-8,13-14H,3H2,(H,10,12,15)(H2,16,17,18);2*7H,4-5H2,1-3H3/q;2*+1/p-2/t4-,6-,7-,8-;;/m1../s1. The van der Waals surface area contributed by atoms with Crippen LogP contribution >= 0.6 is 7.82 Å². The highest BCUT2D eigenvalue weighted by Gasteiger charge is 2.44. The first kappa shape index (κ1) is 33.5. The Labute approximate surface area is 203 Å². The number of H-pyrrole nitrogens is 1. The van der Waals surface area contributed by atoms with E-state index in [4.69, 9.17) is 14.9 Å². The van der Waals surface area contributed by atoms with Crippen molar-refractivity contribution in [2.45, 2.75) is 24.5 Å². The molecule has 1 fully saturated rings. The molecule has 1 saturated heterocycles. The molecule has 0 saturated carbocycles. The minimum Gasteiger partial charge on any atom is -0.790 e. The smallest absolute Gasteiger partial charge is 0.330 e. The van der Waals surface area contributed by atoms with Crippen molar-refractivity contribution < 1.29 is 53.0 Å². The number of nitrogens with zero attached hydrogens (tertiary/aromatic N) is 3. The molecule has 1 aromatic rings. The molecule has 0 amide bonds. The van der Waals surface area contributed by atoms with Gasteiger partial charge >= 0.3 is 5.69 Å². The Kier molecular flexibility index (Phi) is 13.7. The number of ether oxygens (including phenoxy) is 1. The van der Waals surface area contributed by atoms with E-state index in [-0.39, 0.29) is 13.2 Å². The van der Waals surface area contributed by atoms with E-state index in [1.165, 1.54) is 0 Å². The highest BCUT2D eigenvalue weighted by atomic mass is 31.2. The fourth-order valence-electron chi connectivity index (χ4n) is 2.49. The normalized spacial score (nSPS) is 22.6. The van der Waals surface area contributed by atoms with Gasteiger partial charge in [0, 0.05) is 12.3 Å². The third-order valence-corrected chi connectivity index (χ3v) is 4.87. The minimum absolute atomic E-state index is 0.281. The third-order valence-electron chi connectivity index (χ3n) is 4.40. The molecule has 1 aliphatic rings. The van der Waals surface area contributed by atoms with Gasteiger partial charge in [0.15, 0.2) is 6.23 Å². The summed E-state index contributed by atoms with van der Waals surface area (Å²) in [7, 11) is 7.05. The van der Waals surface area contributed by atoms with Crippen LogP contribution in [-0.4, -0.2) is 132 Å². The highest BCUT2D eigenvalue weighted by Crippen LogP contribution is 2.32. The summed E-state index contributed by atoms with van der Waals surface area (Å²) in [6.45, 7) is 1.42. The Morgan fingerprint density at radius 3 is 1.86 bits per heavy atom. The molecular formula is C19H39N4O11P. The van der Waals surface area contributed by atoms with Crippen molar-refractivity contribution in [3.8, 4) is 0 Å². The summed E-state index contributed by atoms with van der Waals surface area (Å²) in [6, 6.07) is 0.997.